The molecule has 0 bridgehead atoms. The Kier molecular flexibility index (Phi) is 5.34. The molecule has 4 heteroatoms. The smallest absolute Gasteiger partial charge is 0.252 e. The number of carbonyl (C=O) groups excluding carboxylic acids is 1. The second-order valence-corrected chi connectivity index (χ2v) is 6.94. The lowest BCUT2D eigenvalue weighted by molar-refractivity contribution is 0.0943. The van der Waals surface area contributed by atoms with Crippen molar-refractivity contribution < 1.29 is 4.79 Å². The van der Waals surface area contributed by atoms with Crippen LogP contribution in [-0.2, 0) is 6.42 Å². The Labute approximate surface area is 151 Å². The molecule has 1 aromatic heterocycles. The predicted octanol–water partition coefficient (Wildman–Crippen LogP) is 5.48. The van der Waals surface area contributed by atoms with E-state index in [0.29, 0.717) is 10.6 Å². The quantitative estimate of drug-likeness (QED) is 0.644. The maximum Gasteiger partial charge on any atom is 0.252 e. The molecule has 1 heterocycles. The van der Waals surface area contributed by atoms with E-state index in [4.69, 9.17) is 11.6 Å². The fourth-order valence-corrected chi connectivity index (χ4v) is 3.56. The van der Waals surface area contributed by atoms with Gasteiger partial charge in [0.25, 0.3) is 5.91 Å². The Balaban J connectivity index is 1.89. The Bertz CT molecular complexity index is 812. The molecule has 0 radical (unpaired) electrons. The van der Waals surface area contributed by atoms with Crippen LogP contribution in [0.5, 0.6) is 0 Å². The van der Waals surface area contributed by atoms with Gasteiger partial charge in [-0.1, -0.05) is 54.9 Å². The Hall–Kier alpha value is -2.10. The van der Waals surface area contributed by atoms with E-state index in [-0.39, 0.29) is 11.9 Å². The molecule has 0 aliphatic carbocycles. The minimum absolute atomic E-state index is 0.129. The average Bonchev–Trinajstić information content (AvgIpc) is 3.14. The van der Waals surface area contributed by atoms with Crippen LogP contribution in [0.25, 0.3) is 0 Å². The highest BCUT2D eigenvalue weighted by molar-refractivity contribution is 7.10. The number of thiophene rings is 1. The molecule has 0 aliphatic heterocycles. The number of nitrogens with one attached hydrogen (secondary N) is 1. The minimum atomic E-state index is -0.164. The second-order valence-electron chi connectivity index (χ2n) is 5.53. The van der Waals surface area contributed by atoms with Crippen molar-refractivity contribution in [2.24, 2.45) is 0 Å². The van der Waals surface area contributed by atoms with E-state index in [1.165, 1.54) is 5.56 Å². The number of hydrogen-bond donors (Lipinski definition) is 1. The van der Waals surface area contributed by atoms with Crippen molar-refractivity contribution in [2.75, 3.05) is 0 Å². The summed E-state index contributed by atoms with van der Waals surface area (Å²) in [5, 5.41) is 5.71. The van der Waals surface area contributed by atoms with Gasteiger partial charge in [0.2, 0.25) is 0 Å². The number of aryl methyl sites for hydroxylation is 1. The lowest BCUT2D eigenvalue weighted by Crippen LogP contribution is -2.28. The van der Waals surface area contributed by atoms with E-state index < -0.39 is 0 Å². The number of rotatable bonds is 5. The molecule has 1 amide bonds. The number of benzene rings is 2. The van der Waals surface area contributed by atoms with Crippen LogP contribution in [0.3, 0.4) is 0 Å². The molecule has 1 atom stereocenters. The SMILES string of the molecule is CCc1ccc([C@H](NC(=O)c2cccc(Cl)c2)c2cccs2)cc1. The summed E-state index contributed by atoms with van der Waals surface area (Å²) in [4.78, 5) is 13.7. The molecule has 122 valence electrons. The first kappa shape index (κ1) is 16.7. The molecule has 0 fully saturated rings. The summed E-state index contributed by atoms with van der Waals surface area (Å²) < 4.78 is 0. The van der Waals surface area contributed by atoms with Gasteiger partial charge in [-0.25, -0.2) is 0 Å². The molecule has 1 N–H and O–H groups in total. The highest BCUT2D eigenvalue weighted by Crippen LogP contribution is 2.27. The topological polar surface area (TPSA) is 29.1 Å². The number of hydrogen-bond acceptors (Lipinski definition) is 2. The Morgan fingerprint density at radius 2 is 1.92 bits per heavy atom. The van der Waals surface area contributed by atoms with Gasteiger partial charge in [-0.15, -0.1) is 11.3 Å². The van der Waals surface area contributed by atoms with Crippen molar-refractivity contribution in [1.82, 2.24) is 5.32 Å². The van der Waals surface area contributed by atoms with Crippen molar-refractivity contribution in [3.05, 3.63) is 92.6 Å². The van der Waals surface area contributed by atoms with Crippen molar-refractivity contribution in [3.8, 4) is 0 Å². The van der Waals surface area contributed by atoms with Gasteiger partial charge in [-0.05, 0) is 47.2 Å². The van der Waals surface area contributed by atoms with Crippen LogP contribution in [0.4, 0.5) is 0 Å². The summed E-state index contributed by atoms with van der Waals surface area (Å²) in [6, 6.07) is 19.3. The van der Waals surface area contributed by atoms with E-state index in [0.717, 1.165) is 16.9 Å². The largest absolute Gasteiger partial charge is 0.340 e. The minimum Gasteiger partial charge on any atom is -0.340 e. The molecule has 24 heavy (non-hydrogen) atoms. The molecule has 0 saturated carbocycles. The first-order valence-electron chi connectivity index (χ1n) is 7.86. The van der Waals surface area contributed by atoms with E-state index in [1.807, 2.05) is 17.5 Å². The summed E-state index contributed by atoms with van der Waals surface area (Å²) in [5.41, 5.74) is 2.92. The van der Waals surface area contributed by atoms with Crippen molar-refractivity contribution in [3.63, 3.8) is 0 Å². The maximum absolute atomic E-state index is 12.6. The van der Waals surface area contributed by atoms with Crippen LogP contribution in [0, 0.1) is 0 Å². The van der Waals surface area contributed by atoms with E-state index in [1.54, 1.807) is 35.6 Å². The van der Waals surface area contributed by atoms with Crippen LogP contribution in [0.2, 0.25) is 5.02 Å². The average molecular weight is 356 g/mol. The lowest BCUT2D eigenvalue weighted by atomic mass is 10.0. The zero-order valence-electron chi connectivity index (χ0n) is 13.3. The van der Waals surface area contributed by atoms with Crippen molar-refractivity contribution in [2.45, 2.75) is 19.4 Å². The third-order valence-electron chi connectivity index (χ3n) is 3.91. The summed E-state index contributed by atoms with van der Waals surface area (Å²) >= 11 is 7.63. The van der Waals surface area contributed by atoms with Gasteiger partial charge < -0.3 is 5.32 Å². The van der Waals surface area contributed by atoms with Gasteiger partial charge in [0, 0.05) is 15.5 Å². The van der Waals surface area contributed by atoms with Gasteiger partial charge in [-0.3, -0.25) is 4.79 Å². The lowest BCUT2D eigenvalue weighted by Gasteiger charge is -2.18. The van der Waals surface area contributed by atoms with Crippen molar-refractivity contribution >= 4 is 28.8 Å². The van der Waals surface area contributed by atoms with Crippen LogP contribution < -0.4 is 5.32 Å². The van der Waals surface area contributed by atoms with Crippen LogP contribution in [-0.4, -0.2) is 5.91 Å². The van der Waals surface area contributed by atoms with Gasteiger partial charge in [0.1, 0.15) is 0 Å². The molecule has 2 aromatic carbocycles. The summed E-state index contributed by atoms with van der Waals surface area (Å²) in [7, 11) is 0. The van der Waals surface area contributed by atoms with Gasteiger partial charge in [-0.2, -0.15) is 0 Å². The number of amides is 1. The van der Waals surface area contributed by atoms with Crippen LogP contribution in [0.15, 0.2) is 66.0 Å². The maximum atomic E-state index is 12.6. The molecular weight excluding hydrogens is 338 g/mol. The molecule has 0 spiro atoms. The van der Waals surface area contributed by atoms with Crippen LogP contribution >= 0.6 is 22.9 Å². The third kappa shape index (κ3) is 3.86. The zero-order valence-corrected chi connectivity index (χ0v) is 14.9. The standard InChI is InChI=1S/C20H18ClNOS/c1-2-14-8-10-15(11-9-14)19(18-7-4-12-24-18)22-20(23)16-5-3-6-17(21)13-16/h3-13,19H,2H2,1H3,(H,22,23)/t19-/m0/s1. The molecule has 0 saturated heterocycles. The normalized spacial score (nSPS) is 11.9. The van der Waals surface area contributed by atoms with Gasteiger partial charge in [0.05, 0.1) is 6.04 Å². The Morgan fingerprint density at radius 1 is 1.12 bits per heavy atom. The predicted molar refractivity (Wildman–Crippen MR) is 101 cm³/mol. The van der Waals surface area contributed by atoms with Crippen LogP contribution in [0.1, 0.15) is 39.3 Å². The first-order valence-corrected chi connectivity index (χ1v) is 9.12. The fraction of sp³-hybridized carbons (Fsp3) is 0.150. The molecule has 0 unspecified atom stereocenters. The van der Waals surface area contributed by atoms with E-state index in [2.05, 4.69) is 36.5 Å². The fourth-order valence-electron chi connectivity index (χ4n) is 2.56. The summed E-state index contributed by atoms with van der Waals surface area (Å²) in [6.45, 7) is 2.13. The monoisotopic (exact) mass is 355 g/mol. The molecule has 0 aliphatic rings. The first-order chi connectivity index (χ1) is 11.7. The second kappa shape index (κ2) is 7.65. The zero-order chi connectivity index (χ0) is 16.9. The number of halogens is 1. The van der Waals surface area contributed by atoms with Gasteiger partial charge in [0.15, 0.2) is 0 Å². The van der Waals surface area contributed by atoms with E-state index in [9.17, 15) is 4.79 Å². The summed E-state index contributed by atoms with van der Waals surface area (Å²) in [5.74, 6) is -0.129. The highest BCUT2D eigenvalue weighted by Gasteiger charge is 2.19. The number of carbonyl (C=O) groups is 1. The summed E-state index contributed by atoms with van der Waals surface area (Å²) in [6.07, 6.45) is 0.999. The third-order valence-corrected chi connectivity index (χ3v) is 5.08. The highest BCUT2D eigenvalue weighted by atomic mass is 35.5. The van der Waals surface area contributed by atoms with Crippen molar-refractivity contribution in [1.29, 1.82) is 0 Å². The molecular formula is C20H18ClNOS. The molecule has 3 rings (SSSR count). The Morgan fingerprint density at radius 3 is 2.54 bits per heavy atom. The molecule has 3 aromatic rings. The van der Waals surface area contributed by atoms with Gasteiger partial charge >= 0.3 is 0 Å². The van der Waals surface area contributed by atoms with E-state index >= 15 is 0 Å². The molecule has 2 nitrogen and oxygen atoms in total.